The van der Waals surface area contributed by atoms with Gasteiger partial charge in [0.05, 0.1) is 6.61 Å². The number of carbonyl (C=O) groups is 1. The highest BCUT2D eigenvalue weighted by Crippen LogP contribution is 2.19. The topological polar surface area (TPSA) is 64.1 Å². The van der Waals surface area contributed by atoms with Crippen LogP contribution in [0.25, 0.3) is 0 Å². The van der Waals surface area contributed by atoms with Crippen molar-refractivity contribution in [2.24, 2.45) is 5.92 Å². The molecule has 2 rings (SSSR count). The number of rotatable bonds is 7. The summed E-state index contributed by atoms with van der Waals surface area (Å²) < 4.78 is 5.64. The van der Waals surface area contributed by atoms with Crippen LogP contribution in [0.3, 0.4) is 0 Å². The van der Waals surface area contributed by atoms with Crippen LogP contribution in [0.1, 0.15) is 42.6 Å². The summed E-state index contributed by atoms with van der Waals surface area (Å²) >= 11 is 1.41. The fraction of sp³-hybridized carbons (Fsp3) is 0.438. The molecule has 0 bridgehead atoms. The predicted molar refractivity (Wildman–Crippen MR) is 88.6 cm³/mol. The molecule has 0 spiro atoms. The maximum absolute atomic E-state index is 12.2. The average Bonchev–Trinajstić information content (AvgIpc) is 2.93. The number of hydrogen-bond acceptors (Lipinski definition) is 5. The Labute approximate surface area is 134 Å². The van der Waals surface area contributed by atoms with Crippen molar-refractivity contribution < 1.29 is 9.53 Å². The molecule has 2 aromatic rings. The fourth-order valence-corrected chi connectivity index (χ4v) is 2.61. The lowest BCUT2D eigenvalue weighted by Gasteiger charge is -2.09. The standard InChI is InChI=1S/C16H21N3O2S/c1-4-6-14-18-19-16(22-14)17-15(20)12-7-5-8-13(9-12)21-10-11(2)3/h5,7-9,11H,4,6,10H2,1-3H3,(H,17,19,20). The van der Waals surface area contributed by atoms with Crippen molar-refractivity contribution in [2.75, 3.05) is 11.9 Å². The van der Waals surface area contributed by atoms with E-state index in [9.17, 15) is 4.79 Å². The van der Waals surface area contributed by atoms with E-state index in [1.165, 1.54) is 11.3 Å². The van der Waals surface area contributed by atoms with E-state index >= 15 is 0 Å². The first-order valence-electron chi connectivity index (χ1n) is 7.45. The first-order chi connectivity index (χ1) is 10.6. The zero-order valence-electron chi connectivity index (χ0n) is 13.1. The van der Waals surface area contributed by atoms with Crippen LogP contribution < -0.4 is 10.1 Å². The Balaban J connectivity index is 2.00. The lowest BCUT2D eigenvalue weighted by molar-refractivity contribution is 0.102. The minimum Gasteiger partial charge on any atom is -0.493 e. The van der Waals surface area contributed by atoms with Gasteiger partial charge in [0.2, 0.25) is 5.13 Å². The molecule has 6 heteroatoms. The first kappa shape index (κ1) is 16.4. The number of nitrogens with zero attached hydrogens (tertiary/aromatic N) is 2. The van der Waals surface area contributed by atoms with Gasteiger partial charge in [-0.15, -0.1) is 10.2 Å². The lowest BCUT2D eigenvalue weighted by Crippen LogP contribution is -2.12. The summed E-state index contributed by atoms with van der Waals surface area (Å²) in [5.41, 5.74) is 0.550. The summed E-state index contributed by atoms with van der Waals surface area (Å²) in [6, 6.07) is 7.16. The largest absolute Gasteiger partial charge is 0.493 e. The zero-order chi connectivity index (χ0) is 15.9. The number of aryl methyl sites for hydroxylation is 1. The van der Waals surface area contributed by atoms with Gasteiger partial charge >= 0.3 is 0 Å². The van der Waals surface area contributed by atoms with E-state index in [-0.39, 0.29) is 5.91 Å². The van der Waals surface area contributed by atoms with E-state index in [0.29, 0.717) is 29.0 Å². The number of aromatic nitrogens is 2. The van der Waals surface area contributed by atoms with E-state index in [1.807, 2.05) is 12.1 Å². The van der Waals surface area contributed by atoms with E-state index < -0.39 is 0 Å². The molecule has 0 fully saturated rings. The summed E-state index contributed by atoms with van der Waals surface area (Å²) in [6.07, 6.45) is 1.89. The monoisotopic (exact) mass is 319 g/mol. The van der Waals surface area contributed by atoms with Gasteiger partial charge in [-0.1, -0.05) is 38.2 Å². The van der Waals surface area contributed by atoms with Crippen molar-refractivity contribution in [1.29, 1.82) is 0 Å². The number of hydrogen-bond donors (Lipinski definition) is 1. The molecule has 1 N–H and O–H groups in total. The van der Waals surface area contributed by atoms with Gasteiger partial charge in [-0.2, -0.15) is 0 Å². The molecule has 0 atom stereocenters. The van der Waals surface area contributed by atoms with Gasteiger partial charge in [0, 0.05) is 12.0 Å². The van der Waals surface area contributed by atoms with E-state index in [0.717, 1.165) is 17.8 Å². The van der Waals surface area contributed by atoms with Crippen LogP contribution in [0.5, 0.6) is 5.75 Å². The second kappa shape index (κ2) is 7.89. The molecule has 0 radical (unpaired) electrons. The highest BCUT2D eigenvalue weighted by atomic mass is 32.1. The molecule has 0 aliphatic heterocycles. The first-order valence-corrected chi connectivity index (χ1v) is 8.26. The second-order valence-corrected chi connectivity index (χ2v) is 6.50. The number of nitrogens with one attached hydrogen (secondary N) is 1. The van der Waals surface area contributed by atoms with Gasteiger partial charge in [0.15, 0.2) is 0 Å². The third-order valence-corrected chi connectivity index (χ3v) is 3.73. The van der Waals surface area contributed by atoms with Crippen LogP contribution in [0.2, 0.25) is 0 Å². The maximum Gasteiger partial charge on any atom is 0.257 e. The molecule has 1 amide bonds. The molecular formula is C16H21N3O2S. The summed E-state index contributed by atoms with van der Waals surface area (Å²) in [4.78, 5) is 12.2. The molecule has 0 saturated carbocycles. The van der Waals surface area contributed by atoms with Gasteiger partial charge in [-0.05, 0) is 30.5 Å². The molecule has 1 aromatic carbocycles. The SMILES string of the molecule is CCCc1nnc(NC(=O)c2cccc(OCC(C)C)c2)s1. The lowest BCUT2D eigenvalue weighted by atomic mass is 10.2. The third-order valence-electron chi connectivity index (χ3n) is 2.83. The van der Waals surface area contributed by atoms with Crippen LogP contribution in [-0.4, -0.2) is 22.7 Å². The summed E-state index contributed by atoms with van der Waals surface area (Å²) in [7, 11) is 0. The van der Waals surface area contributed by atoms with Crippen LogP contribution in [-0.2, 0) is 6.42 Å². The summed E-state index contributed by atoms with van der Waals surface area (Å²) in [5, 5.41) is 12.3. The Morgan fingerprint density at radius 1 is 1.36 bits per heavy atom. The predicted octanol–water partition coefficient (Wildman–Crippen LogP) is 3.78. The van der Waals surface area contributed by atoms with Crippen molar-refractivity contribution in [1.82, 2.24) is 10.2 Å². The highest BCUT2D eigenvalue weighted by molar-refractivity contribution is 7.15. The number of benzene rings is 1. The van der Waals surface area contributed by atoms with E-state index in [1.54, 1.807) is 12.1 Å². The van der Waals surface area contributed by atoms with Crippen LogP contribution in [0.4, 0.5) is 5.13 Å². The van der Waals surface area contributed by atoms with Crippen LogP contribution in [0.15, 0.2) is 24.3 Å². The fourth-order valence-electron chi connectivity index (χ4n) is 1.78. The van der Waals surface area contributed by atoms with Gasteiger partial charge < -0.3 is 4.74 Å². The van der Waals surface area contributed by atoms with Crippen molar-refractivity contribution in [2.45, 2.75) is 33.6 Å². The molecule has 0 aliphatic carbocycles. The Bertz CT molecular complexity index is 625. The molecule has 0 aliphatic rings. The summed E-state index contributed by atoms with van der Waals surface area (Å²) in [5.74, 6) is 0.940. The zero-order valence-corrected chi connectivity index (χ0v) is 13.9. The van der Waals surface area contributed by atoms with Crippen LogP contribution in [0, 0.1) is 5.92 Å². The number of ether oxygens (including phenoxy) is 1. The van der Waals surface area contributed by atoms with Gasteiger partial charge in [-0.3, -0.25) is 10.1 Å². The maximum atomic E-state index is 12.2. The number of anilines is 1. The molecule has 5 nitrogen and oxygen atoms in total. The highest BCUT2D eigenvalue weighted by Gasteiger charge is 2.11. The molecule has 1 aromatic heterocycles. The Morgan fingerprint density at radius 3 is 2.91 bits per heavy atom. The minimum absolute atomic E-state index is 0.200. The molecular weight excluding hydrogens is 298 g/mol. The number of amides is 1. The quantitative estimate of drug-likeness (QED) is 0.843. The second-order valence-electron chi connectivity index (χ2n) is 5.44. The van der Waals surface area contributed by atoms with Gasteiger partial charge in [0.1, 0.15) is 10.8 Å². The van der Waals surface area contributed by atoms with Crippen molar-refractivity contribution in [3.05, 3.63) is 34.8 Å². The average molecular weight is 319 g/mol. The smallest absolute Gasteiger partial charge is 0.257 e. The number of carbonyl (C=O) groups excluding carboxylic acids is 1. The molecule has 0 saturated heterocycles. The van der Waals surface area contributed by atoms with Crippen LogP contribution >= 0.6 is 11.3 Å². The molecule has 118 valence electrons. The Morgan fingerprint density at radius 2 is 2.18 bits per heavy atom. The molecule has 1 heterocycles. The summed E-state index contributed by atoms with van der Waals surface area (Å²) in [6.45, 7) is 6.88. The Kier molecular flexibility index (Phi) is 5.89. The third kappa shape index (κ3) is 4.80. The van der Waals surface area contributed by atoms with E-state index in [4.69, 9.17) is 4.74 Å². The Hall–Kier alpha value is -1.95. The molecule has 0 unspecified atom stereocenters. The van der Waals surface area contributed by atoms with Crippen molar-refractivity contribution in [3.8, 4) is 5.75 Å². The minimum atomic E-state index is -0.200. The van der Waals surface area contributed by atoms with E-state index in [2.05, 4.69) is 36.3 Å². The van der Waals surface area contributed by atoms with Crippen molar-refractivity contribution >= 4 is 22.4 Å². The van der Waals surface area contributed by atoms with Gasteiger partial charge in [-0.25, -0.2) is 0 Å². The van der Waals surface area contributed by atoms with Gasteiger partial charge in [0.25, 0.3) is 5.91 Å². The molecule has 22 heavy (non-hydrogen) atoms. The normalized spacial score (nSPS) is 10.7. The van der Waals surface area contributed by atoms with Crippen molar-refractivity contribution in [3.63, 3.8) is 0 Å².